The van der Waals surface area contributed by atoms with Crippen LogP contribution in [0.4, 0.5) is 0 Å². The second kappa shape index (κ2) is 7.63. The average molecular weight is 232 g/mol. The molecule has 1 amide bonds. The molecule has 92 valence electrons. The molecule has 16 heavy (non-hydrogen) atoms. The third kappa shape index (κ3) is 6.77. The van der Waals surface area contributed by atoms with Gasteiger partial charge in [-0.15, -0.1) is 0 Å². The molecule has 0 aromatic rings. The van der Waals surface area contributed by atoms with Gasteiger partial charge in [0.15, 0.2) is 0 Å². The maximum absolute atomic E-state index is 11.0. The molecule has 0 radical (unpaired) electrons. The Balaban J connectivity index is 4.07. The fourth-order valence-electron chi connectivity index (χ4n) is 1.13. The Morgan fingerprint density at radius 3 is 2.25 bits per heavy atom. The van der Waals surface area contributed by atoms with E-state index in [0.717, 1.165) is 0 Å². The van der Waals surface area contributed by atoms with E-state index in [2.05, 4.69) is 5.32 Å². The van der Waals surface area contributed by atoms with Gasteiger partial charge in [-0.05, 0) is 25.8 Å². The van der Waals surface area contributed by atoms with Crippen molar-refractivity contribution in [3.05, 3.63) is 0 Å². The number of amides is 1. The number of hydrogen-bond donors (Lipinski definition) is 4. The minimum atomic E-state index is -1.29. The van der Waals surface area contributed by atoms with Crippen molar-refractivity contribution in [2.24, 2.45) is 5.73 Å². The summed E-state index contributed by atoms with van der Waals surface area (Å²) >= 11 is 0. The summed E-state index contributed by atoms with van der Waals surface area (Å²) in [7, 11) is 0. The van der Waals surface area contributed by atoms with Crippen molar-refractivity contribution in [1.82, 2.24) is 5.32 Å². The molecule has 0 bridgehead atoms. The number of rotatable bonds is 8. The van der Waals surface area contributed by atoms with Crippen LogP contribution in [0.2, 0.25) is 0 Å². The second-order valence-electron chi connectivity index (χ2n) is 3.31. The molecule has 0 rings (SSSR count). The van der Waals surface area contributed by atoms with Crippen LogP contribution in [0, 0.1) is 0 Å². The van der Waals surface area contributed by atoms with E-state index in [4.69, 9.17) is 15.9 Å². The molecule has 0 fully saturated rings. The van der Waals surface area contributed by atoms with Crippen LogP contribution in [0.1, 0.15) is 25.7 Å². The highest BCUT2D eigenvalue weighted by molar-refractivity contribution is 5.95. The molecule has 0 unspecified atom stereocenters. The standard InChI is InChI=1S/C9H16N2O5/c10-4-2-1-3-6(9(15)16)11-7(12)5-8(13)14/h6H,1-5,10H2,(H,11,12)(H,13,14)(H,15,16)/t6-/m0/s1. The first kappa shape index (κ1) is 14.4. The Bertz CT molecular complexity index is 267. The van der Waals surface area contributed by atoms with Crippen LogP contribution in [0.15, 0.2) is 0 Å². The molecule has 0 aromatic heterocycles. The van der Waals surface area contributed by atoms with Crippen LogP contribution >= 0.6 is 0 Å². The van der Waals surface area contributed by atoms with E-state index in [9.17, 15) is 14.4 Å². The molecule has 0 aliphatic rings. The van der Waals surface area contributed by atoms with Crippen molar-refractivity contribution in [3.63, 3.8) is 0 Å². The molecule has 0 aliphatic carbocycles. The molecule has 0 aliphatic heterocycles. The van der Waals surface area contributed by atoms with Crippen LogP contribution in [0.3, 0.4) is 0 Å². The van der Waals surface area contributed by atoms with E-state index >= 15 is 0 Å². The minimum Gasteiger partial charge on any atom is -0.481 e. The lowest BCUT2D eigenvalue weighted by Gasteiger charge is -2.13. The lowest BCUT2D eigenvalue weighted by Crippen LogP contribution is -2.41. The highest BCUT2D eigenvalue weighted by Crippen LogP contribution is 2.01. The van der Waals surface area contributed by atoms with Crippen molar-refractivity contribution in [2.45, 2.75) is 31.7 Å². The van der Waals surface area contributed by atoms with Crippen molar-refractivity contribution in [1.29, 1.82) is 0 Å². The molecule has 7 nitrogen and oxygen atoms in total. The maximum Gasteiger partial charge on any atom is 0.326 e. The van der Waals surface area contributed by atoms with Crippen LogP contribution < -0.4 is 11.1 Å². The van der Waals surface area contributed by atoms with E-state index in [1.54, 1.807) is 0 Å². The minimum absolute atomic E-state index is 0.248. The van der Waals surface area contributed by atoms with E-state index in [0.29, 0.717) is 19.4 Å². The number of hydrogen-bond acceptors (Lipinski definition) is 4. The number of unbranched alkanes of at least 4 members (excludes halogenated alkanes) is 1. The van der Waals surface area contributed by atoms with Gasteiger partial charge in [0.25, 0.3) is 0 Å². The summed E-state index contributed by atoms with van der Waals surface area (Å²) in [4.78, 5) is 31.9. The normalized spacial score (nSPS) is 11.8. The lowest BCUT2D eigenvalue weighted by atomic mass is 10.1. The van der Waals surface area contributed by atoms with E-state index < -0.39 is 30.3 Å². The van der Waals surface area contributed by atoms with Crippen LogP contribution in [-0.4, -0.2) is 40.6 Å². The first-order valence-electron chi connectivity index (χ1n) is 4.91. The van der Waals surface area contributed by atoms with Gasteiger partial charge in [-0.1, -0.05) is 0 Å². The number of carboxylic acids is 2. The third-order valence-electron chi connectivity index (χ3n) is 1.89. The summed E-state index contributed by atoms with van der Waals surface area (Å²) in [5, 5.41) is 19.2. The number of nitrogens with two attached hydrogens (primary N) is 1. The van der Waals surface area contributed by atoms with E-state index in [1.165, 1.54) is 0 Å². The van der Waals surface area contributed by atoms with Gasteiger partial charge >= 0.3 is 11.9 Å². The van der Waals surface area contributed by atoms with Crippen LogP contribution in [-0.2, 0) is 14.4 Å². The zero-order valence-corrected chi connectivity index (χ0v) is 8.81. The number of carbonyl (C=O) groups excluding carboxylic acids is 1. The monoisotopic (exact) mass is 232 g/mol. The van der Waals surface area contributed by atoms with Gasteiger partial charge in [0, 0.05) is 0 Å². The second-order valence-corrected chi connectivity index (χ2v) is 3.31. The van der Waals surface area contributed by atoms with E-state index in [-0.39, 0.29) is 6.42 Å². The van der Waals surface area contributed by atoms with Gasteiger partial charge in [-0.2, -0.15) is 0 Å². The topological polar surface area (TPSA) is 130 Å². The Morgan fingerprint density at radius 1 is 1.19 bits per heavy atom. The predicted octanol–water partition coefficient (Wildman–Crippen LogP) is -0.840. The maximum atomic E-state index is 11.0. The van der Waals surface area contributed by atoms with Gasteiger partial charge in [-0.3, -0.25) is 9.59 Å². The molecule has 0 aromatic carbocycles. The quantitative estimate of drug-likeness (QED) is 0.319. The fraction of sp³-hybridized carbons (Fsp3) is 0.667. The van der Waals surface area contributed by atoms with Crippen molar-refractivity contribution >= 4 is 17.8 Å². The molecule has 0 spiro atoms. The smallest absolute Gasteiger partial charge is 0.326 e. The van der Waals surface area contributed by atoms with Gasteiger partial charge in [0.2, 0.25) is 5.91 Å². The number of carbonyl (C=O) groups is 3. The Labute approximate surface area is 92.6 Å². The number of aliphatic carboxylic acids is 2. The van der Waals surface area contributed by atoms with Gasteiger partial charge in [0.05, 0.1) is 0 Å². The lowest BCUT2D eigenvalue weighted by molar-refractivity contribution is -0.145. The molecule has 0 heterocycles. The predicted molar refractivity (Wildman–Crippen MR) is 54.7 cm³/mol. The summed E-state index contributed by atoms with van der Waals surface area (Å²) in [5.41, 5.74) is 5.25. The van der Waals surface area contributed by atoms with Crippen LogP contribution in [0.5, 0.6) is 0 Å². The Kier molecular flexibility index (Phi) is 6.86. The summed E-state index contributed by atoms with van der Waals surface area (Å²) < 4.78 is 0. The zero-order valence-electron chi connectivity index (χ0n) is 8.81. The molecule has 5 N–H and O–H groups in total. The highest BCUT2D eigenvalue weighted by Gasteiger charge is 2.20. The molecule has 0 saturated heterocycles. The van der Waals surface area contributed by atoms with Gasteiger partial charge in [0.1, 0.15) is 12.5 Å². The van der Waals surface area contributed by atoms with Gasteiger partial charge < -0.3 is 21.3 Å². The first-order chi connectivity index (χ1) is 7.47. The molecule has 1 atom stereocenters. The molecule has 7 heteroatoms. The summed E-state index contributed by atoms with van der Waals surface area (Å²) in [5.74, 6) is -3.26. The van der Waals surface area contributed by atoms with Crippen molar-refractivity contribution < 1.29 is 24.6 Å². The largest absolute Gasteiger partial charge is 0.481 e. The average Bonchev–Trinajstić information content (AvgIpc) is 2.15. The van der Waals surface area contributed by atoms with Gasteiger partial charge in [-0.25, -0.2) is 4.79 Å². The molecular weight excluding hydrogens is 216 g/mol. The SMILES string of the molecule is NCCCC[C@H](NC(=O)CC(=O)O)C(=O)O. The van der Waals surface area contributed by atoms with E-state index in [1.807, 2.05) is 0 Å². The first-order valence-corrected chi connectivity index (χ1v) is 4.91. The summed E-state index contributed by atoms with van der Waals surface area (Å²) in [6.45, 7) is 0.454. The molecule has 0 saturated carbocycles. The summed E-state index contributed by atoms with van der Waals surface area (Å²) in [6.07, 6.45) is 0.762. The molecular formula is C9H16N2O5. The highest BCUT2D eigenvalue weighted by atomic mass is 16.4. The third-order valence-corrected chi connectivity index (χ3v) is 1.89. The fourth-order valence-corrected chi connectivity index (χ4v) is 1.13. The van der Waals surface area contributed by atoms with Crippen molar-refractivity contribution in [3.8, 4) is 0 Å². The Morgan fingerprint density at radius 2 is 1.81 bits per heavy atom. The zero-order chi connectivity index (χ0) is 12.6. The van der Waals surface area contributed by atoms with Crippen molar-refractivity contribution in [2.75, 3.05) is 6.54 Å². The summed E-state index contributed by atoms with van der Waals surface area (Å²) in [6, 6.07) is -1.04. The van der Waals surface area contributed by atoms with Crippen LogP contribution in [0.25, 0.3) is 0 Å². The Hall–Kier alpha value is -1.63. The number of nitrogens with one attached hydrogen (secondary N) is 1. The number of carboxylic acid groups (broad SMARTS) is 2.